The fourth-order valence-electron chi connectivity index (χ4n) is 1.58. The van der Waals surface area contributed by atoms with Gasteiger partial charge in [-0.1, -0.05) is 13.3 Å². The van der Waals surface area contributed by atoms with E-state index in [0.717, 1.165) is 30.8 Å². The van der Waals surface area contributed by atoms with Crippen molar-refractivity contribution in [3.63, 3.8) is 0 Å². The standard InChI is InChI=1S/C12H22N4O/c1-5-6-7-13-12(17)10(3)14-11-8-16(4)15-9(11)2/h8,10,14H,5-7H2,1-4H3,(H,13,17). The van der Waals surface area contributed by atoms with E-state index in [2.05, 4.69) is 22.7 Å². The van der Waals surface area contributed by atoms with Crippen LogP contribution in [-0.2, 0) is 11.8 Å². The third-order valence-electron chi connectivity index (χ3n) is 2.61. The van der Waals surface area contributed by atoms with E-state index in [1.807, 2.05) is 27.1 Å². The quantitative estimate of drug-likeness (QED) is 0.737. The molecule has 1 aromatic rings. The number of carbonyl (C=O) groups excluding carboxylic acids is 1. The average Bonchev–Trinajstić information content (AvgIpc) is 2.57. The molecule has 5 heteroatoms. The summed E-state index contributed by atoms with van der Waals surface area (Å²) in [6.45, 7) is 6.62. The summed E-state index contributed by atoms with van der Waals surface area (Å²) < 4.78 is 1.74. The number of aromatic nitrogens is 2. The molecule has 1 amide bonds. The van der Waals surface area contributed by atoms with Crippen molar-refractivity contribution in [3.05, 3.63) is 11.9 Å². The van der Waals surface area contributed by atoms with Crippen molar-refractivity contribution in [1.29, 1.82) is 0 Å². The molecule has 17 heavy (non-hydrogen) atoms. The Morgan fingerprint density at radius 1 is 1.59 bits per heavy atom. The SMILES string of the molecule is CCCCNC(=O)C(C)Nc1cn(C)nc1C. The molecule has 0 saturated carbocycles. The van der Waals surface area contributed by atoms with Gasteiger partial charge in [0.15, 0.2) is 0 Å². The van der Waals surface area contributed by atoms with Gasteiger partial charge in [-0.2, -0.15) is 5.10 Å². The van der Waals surface area contributed by atoms with E-state index in [1.165, 1.54) is 0 Å². The van der Waals surface area contributed by atoms with E-state index in [0.29, 0.717) is 0 Å². The molecule has 0 aliphatic carbocycles. The summed E-state index contributed by atoms with van der Waals surface area (Å²) in [6.07, 6.45) is 3.99. The molecular weight excluding hydrogens is 216 g/mol. The number of aryl methyl sites for hydroxylation is 2. The smallest absolute Gasteiger partial charge is 0.242 e. The summed E-state index contributed by atoms with van der Waals surface area (Å²) in [4.78, 5) is 11.7. The second kappa shape index (κ2) is 6.27. The fourth-order valence-corrected chi connectivity index (χ4v) is 1.58. The number of carbonyl (C=O) groups is 1. The van der Waals surface area contributed by atoms with E-state index in [9.17, 15) is 4.79 Å². The van der Waals surface area contributed by atoms with Crippen LogP contribution in [0.4, 0.5) is 5.69 Å². The van der Waals surface area contributed by atoms with Crippen molar-refractivity contribution < 1.29 is 4.79 Å². The maximum atomic E-state index is 11.7. The number of nitrogens with one attached hydrogen (secondary N) is 2. The summed E-state index contributed by atoms with van der Waals surface area (Å²) in [7, 11) is 1.87. The molecule has 0 radical (unpaired) electrons. The number of hydrogen-bond donors (Lipinski definition) is 2. The summed E-state index contributed by atoms with van der Waals surface area (Å²) in [5, 5.41) is 10.3. The van der Waals surface area contributed by atoms with Gasteiger partial charge in [0, 0.05) is 19.8 Å². The van der Waals surface area contributed by atoms with Gasteiger partial charge in [-0.3, -0.25) is 9.48 Å². The van der Waals surface area contributed by atoms with Crippen molar-refractivity contribution in [3.8, 4) is 0 Å². The Balaban J connectivity index is 2.45. The molecule has 0 aliphatic heterocycles. The number of anilines is 1. The van der Waals surface area contributed by atoms with Gasteiger partial charge in [0.2, 0.25) is 5.91 Å². The minimum atomic E-state index is -0.241. The number of rotatable bonds is 6. The van der Waals surface area contributed by atoms with Crippen LogP contribution in [-0.4, -0.2) is 28.3 Å². The van der Waals surface area contributed by atoms with Crippen molar-refractivity contribution in [1.82, 2.24) is 15.1 Å². The van der Waals surface area contributed by atoms with Crippen LogP contribution in [0, 0.1) is 6.92 Å². The maximum absolute atomic E-state index is 11.7. The Labute approximate surface area is 103 Å². The monoisotopic (exact) mass is 238 g/mol. The molecular formula is C12H22N4O. The number of amides is 1. The normalized spacial score (nSPS) is 12.2. The summed E-state index contributed by atoms with van der Waals surface area (Å²) in [6, 6.07) is -0.241. The Morgan fingerprint density at radius 3 is 2.82 bits per heavy atom. The molecule has 1 aromatic heterocycles. The first-order chi connectivity index (χ1) is 8.04. The van der Waals surface area contributed by atoms with Crippen molar-refractivity contribution in [2.24, 2.45) is 7.05 Å². The lowest BCUT2D eigenvalue weighted by molar-refractivity contribution is -0.121. The van der Waals surface area contributed by atoms with Gasteiger partial charge >= 0.3 is 0 Å². The third-order valence-corrected chi connectivity index (χ3v) is 2.61. The third kappa shape index (κ3) is 4.09. The molecule has 1 atom stereocenters. The fraction of sp³-hybridized carbons (Fsp3) is 0.667. The topological polar surface area (TPSA) is 59.0 Å². The Morgan fingerprint density at radius 2 is 2.29 bits per heavy atom. The predicted octanol–water partition coefficient (Wildman–Crippen LogP) is 1.45. The lowest BCUT2D eigenvalue weighted by Gasteiger charge is -2.14. The van der Waals surface area contributed by atoms with E-state index < -0.39 is 0 Å². The lowest BCUT2D eigenvalue weighted by Crippen LogP contribution is -2.38. The largest absolute Gasteiger partial charge is 0.371 e. The zero-order valence-corrected chi connectivity index (χ0v) is 11.1. The van der Waals surface area contributed by atoms with Crippen LogP contribution in [0.5, 0.6) is 0 Å². The van der Waals surface area contributed by atoms with Crippen LogP contribution in [0.3, 0.4) is 0 Å². The molecule has 1 unspecified atom stereocenters. The Kier molecular flexibility index (Phi) is 5.00. The van der Waals surface area contributed by atoms with Crippen LogP contribution in [0.1, 0.15) is 32.4 Å². The minimum absolute atomic E-state index is 0.0294. The summed E-state index contributed by atoms with van der Waals surface area (Å²) in [5.41, 5.74) is 1.81. The van der Waals surface area contributed by atoms with Crippen LogP contribution >= 0.6 is 0 Å². The molecule has 0 saturated heterocycles. The first-order valence-electron chi connectivity index (χ1n) is 6.09. The average molecular weight is 238 g/mol. The lowest BCUT2D eigenvalue weighted by atomic mass is 10.2. The molecule has 0 aliphatic rings. The Hall–Kier alpha value is -1.52. The highest BCUT2D eigenvalue weighted by molar-refractivity contribution is 5.84. The molecule has 5 nitrogen and oxygen atoms in total. The summed E-state index contributed by atoms with van der Waals surface area (Å²) in [5.74, 6) is 0.0294. The molecule has 1 rings (SSSR count). The predicted molar refractivity (Wildman–Crippen MR) is 68.9 cm³/mol. The van der Waals surface area contributed by atoms with Crippen LogP contribution in [0.15, 0.2) is 6.20 Å². The van der Waals surface area contributed by atoms with Crippen LogP contribution < -0.4 is 10.6 Å². The molecule has 1 heterocycles. The van der Waals surface area contributed by atoms with Gasteiger partial charge in [0.1, 0.15) is 6.04 Å². The Bertz CT molecular complexity index is 373. The number of hydrogen-bond acceptors (Lipinski definition) is 3. The van der Waals surface area contributed by atoms with Gasteiger partial charge in [-0.05, 0) is 20.3 Å². The highest BCUT2D eigenvalue weighted by atomic mass is 16.2. The second-order valence-corrected chi connectivity index (χ2v) is 4.31. The molecule has 2 N–H and O–H groups in total. The molecule has 0 spiro atoms. The van der Waals surface area contributed by atoms with Gasteiger partial charge < -0.3 is 10.6 Å². The number of nitrogens with zero attached hydrogens (tertiary/aromatic N) is 2. The van der Waals surface area contributed by atoms with E-state index >= 15 is 0 Å². The van der Waals surface area contributed by atoms with Crippen LogP contribution in [0.25, 0.3) is 0 Å². The van der Waals surface area contributed by atoms with Crippen molar-refractivity contribution in [2.45, 2.75) is 39.7 Å². The zero-order valence-electron chi connectivity index (χ0n) is 11.1. The van der Waals surface area contributed by atoms with Gasteiger partial charge in [-0.15, -0.1) is 0 Å². The highest BCUT2D eigenvalue weighted by Gasteiger charge is 2.13. The van der Waals surface area contributed by atoms with Crippen molar-refractivity contribution in [2.75, 3.05) is 11.9 Å². The first-order valence-corrected chi connectivity index (χ1v) is 6.09. The van der Waals surface area contributed by atoms with E-state index in [-0.39, 0.29) is 11.9 Å². The van der Waals surface area contributed by atoms with Gasteiger partial charge in [-0.25, -0.2) is 0 Å². The first kappa shape index (κ1) is 13.5. The maximum Gasteiger partial charge on any atom is 0.242 e. The summed E-state index contributed by atoms with van der Waals surface area (Å²) >= 11 is 0. The minimum Gasteiger partial charge on any atom is -0.371 e. The van der Waals surface area contributed by atoms with E-state index in [1.54, 1.807) is 4.68 Å². The number of unbranched alkanes of at least 4 members (excludes halogenated alkanes) is 1. The van der Waals surface area contributed by atoms with E-state index in [4.69, 9.17) is 0 Å². The molecule has 0 bridgehead atoms. The highest BCUT2D eigenvalue weighted by Crippen LogP contribution is 2.12. The van der Waals surface area contributed by atoms with Gasteiger partial charge in [0.05, 0.1) is 11.4 Å². The molecule has 96 valence electrons. The van der Waals surface area contributed by atoms with Crippen molar-refractivity contribution >= 4 is 11.6 Å². The molecule has 0 aromatic carbocycles. The van der Waals surface area contributed by atoms with Gasteiger partial charge in [0.25, 0.3) is 0 Å². The van der Waals surface area contributed by atoms with Crippen LogP contribution in [0.2, 0.25) is 0 Å². The zero-order chi connectivity index (χ0) is 12.8. The second-order valence-electron chi connectivity index (χ2n) is 4.31. The molecule has 0 fully saturated rings.